The molecule has 3 heteroatoms. The summed E-state index contributed by atoms with van der Waals surface area (Å²) < 4.78 is 0. The maximum atomic E-state index is 4.81. The Morgan fingerprint density at radius 2 is 1.90 bits per heavy atom. The number of nitrogens with zero attached hydrogens (tertiary/aromatic N) is 2. The summed E-state index contributed by atoms with van der Waals surface area (Å²) in [4.78, 5) is 9.59. The molecule has 2 aromatic rings. The van der Waals surface area contributed by atoms with E-state index < -0.39 is 0 Å². The fourth-order valence-corrected chi connectivity index (χ4v) is 2.90. The number of nitrogens with one attached hydrogen (secondary N) is 1. The van der Waals surface area contributed by atoms with E-state index in [2.05, 4.69) is 50.4 Å². The van der Waals surface area contributed by atoms with Crippen molar-refractivity contribution >= 4 is 5.82 Å². The van der Waals surface area contributed by atoms with Gasteiger partial charge in [0.2, 0.25) is 0 Å². The topological polar surface area (TPSA) is 37.8 Å². The second kappa shape index (κ2) is 5.84. The largest absolute Gasteiger partial charge is 0.370 e. The lowest BCUT2D eigenvalue weighted by Gasteiger charge is -2.14. The first-order valence-corrected chi connectivity index (χ1v) is 7.95. The molecule has 1 heterocycles. The zero-order chi connectivity index (χ0) is 14.8. The summed E-state index contributed by atoms with van der Waals surface area (Å²) in [5, 5.41) is 3.39. The van der Waals surface area contributed by atoms with Crippen LogP contribution in [0.25, 0.3) is 11.4 Å². The van der Waals surface area contributed by atoms with E-state index in [1.165, 1.54) is 29.5 Å². The molecule has 1 saturated carbocycles. The minimum Gasteiger partial charge on any atom is -0.370 e. The standard InChI is InChI=1S/C18H23N3/c1-4-14-12(3)20-18(21-17(14)19-5-2)16-9-7-6-8-15(16)13-10-11-13/h6-9,13H,4-5,10-11H2,1-3H3,(H,19,20,21). The van der Waals surface area contributed by atoms with Gasteiger partial charge in [-0.15, -0.1) is 0 Å². The van der Waals surface area contributed by atoms with Gasteiger partial charge in [-0.3, -0.25) is 0 Å². The van der Waals surface area contributed by atoms with Crippen LogP contribution in [0.5, 0.6) is 0 Å². The Kier molecular flexibility index (Phi) is 3.91. The van der Waals surface area contributed by atoms with Crippen molar-refractivity contribution in [2.75, 3.05) is 11.9 Å². The quantitative estimate of drug-likeness (QED) is 0.886. The van der Waals surface area contributed by atoms with Gasteiger partial charge in [-0.25, -0.2) is 9.97 Å². The maximum absolute atomic E-state index is 4.81. The summed E-state index contributed by atoms with van der Waals surface area (Å²) in [6, 6.07) is 8.59. The molecule has 0 saturated heterocycles. The van der Waals surface area contributed by atoms with E-state index in [0.29, 0.717) is 5.92 Å². The SMILES string of the molecule is CCNc1nc(-c2ccccc2C2CC2)nc(C)c1CC. The number of hydrogen-bond donors (Lipinski definition) is 1. The lowest BCUT2D eigenvalue weighted by Crippen LogP contribution is -2.08. The summed E-state index contributed by atoms with van der Waals surface area (Å²) in [6.07, 6.45) is 3.55. The van der Waals surface area contributed by atoms with Gasteiger partial charge in [0.05, 0.1) is 0 Å². The molecule has 3 nitrogen and oxygen atoms in total. The minimum atomic E-state index is 0.707. The molecule has 0 amide bonds. The Balaban J connectivity index is 2.10. The van der Waals surface area contributed by atoms with Crippen molar-refractivity contribution in [2.45, 2.75) is 46.0 Å². The average Bonchev–Trinajstić information content (AvgIpc) is 3.32. The summed E-state index contributed by atoms with van der Waals surface area (Å²) in [5.41, 5.74) is 4.92. The summed E-state index contributed by atoms with van der Waals surface area (Å²) in [7, 11) is 0. The zero-order valence-corrected chi connectivity index (χ0v) is 13.1. The number of aryl methyl sites for hydroxylation is 1. The van der Waals surface area contributed by atoms with E-state index in [9.17, 15) is 0 Å². The van der Waals surface area contributed by atoms with Gasteiger partial charge in [0, 0.05) is 23.4 Å². The molecule has 0 radical (unpaired) electrons. The first-order valence-electron chi connectivity index (χ1n) is 7.95. The Bertz CT molecular complexity index is 645. The van der Waals surface area contributed by atoms with Crippen LogP contribution in [0, 0.1) is 6.92 Å². The molecule has 3 rings (SSSR count). The van der Waals surface area contributed by atoms with Crippen LogP contribution in [0.2, 0.25) is 0 Å². The van der Waals surface area contributed by atoms with Crippen LogP contribution in [0.3, 0.4) is 0 Å². The number of aromatic nitrogens is 2. The first-order chi connectivity index (χ1) is 10.2. The van der Waals surface area contributed by atoms with Crippen LogP contribution in [-0.4, -0.2) is 16.5 Å². The van der Waals surface area contributed by atoms with Crippen molar-refractivity contribution in [2.24, 2.45) is 0 Å². The Labute approximate surface area is 126 Å². The van der Waals surface area contributed by atoms with Crippen molar-refractivity contribution in [3.8, 4) is 11.4 Å². The molecular formula is C18H23N3. The first kappa shape index (κ1) is 14.1. The number of rotatable bonds is 5. The third-order valence-corrected chi connectivity index (χ3v) is 4.13. The molecule has 1 N–H and O–H groups in total. The average molecular weight is 281 g/mol. The molecule has 0 atom stereocenters. The Morgan fingerprint density at radius 3 is 2.57 bits per heavy atom. The van der Waals surface area contributed by atoms with Crippen LogP contribution in [0.15, 0.2) is 24.3 Å². The number of anilines is 1. The minimum absolute atomic E-state index is 0.707. The zero-order valence-electron chi connectivity index (χ0n) is 13.1. The molecule has 1 aliphatic rings. The fourth-order valence-electron chi connectivity index (χ4n) is 2.90. The van der Waals surface area contributed by atoms with Crippen LogP contribution >= 0.6 is 0 Å². The smallest absolute Gasteiger partial charge is 0.162 e. The molecule has 1 aromatic heterocycles. The Hall–Kier alpha value is -1.90. The van der Waals surface area contributed by atoms with E-state index in [0.717, 1.165) is 30.3 Å². The number of benzene rings is 1. The van der Waals surface area contributed by atoms with Gasteiger partial charge < -0.3 is 5.32 Å². The van der Waals surface area contributed by atoms with Crippen LogP contribution in [0.4, 0.5) is 5.82 Å². The lowest BCUT2D eigenvalue weighted by molar-refractivity contribution is 0.984. The van der Waals surface area contributed by atoms with Gasteiger partial charge in [-0.05, 0) is 44.6 Å². The van der Waals surface area contributed by atoms with Gasteiger partial charge in [0.25, 0.3) is 0 Å². The molecule has 0 aliphatic heterocycles. The highest BCUT2D eigenvalue weighted by atomic mass is 15.0. The summed E-state index contributed by atoms with van der Waals surface area (Å²) >= 11 is 0. The predicted molar refractivity (Wildman–Crippen MR) is 87.7 cm³/mol. The second-order valence-corrected chi connectivity index (χ2v) is 5.71. The molecular weight excluding hydrogens is 258 g/mol. The third kappa shape index (κ3) is 2.78. The van der Waals surface area contributed by atoms with Gasteiger partial charge in [-0.2, -0.15) is 0 Å². The van der Waals surface area contributed by atoms with Crippen molar-refractivity contribution in [3.05, 3.63) is 41.1 Å². The van der Waals surface area contributed by atoms with Crippen LogP contribution < -0.4 is 5.32 Å². The second-order valence-electron chi connectivity index (χ2n) is 5.71. The fraction of sp³-hybridized carbons (Fsp3) is 0.444. The summed E-state index contributed by atoms with van der Waals surface area (Å²) in [6.45, 7) is 7.23. The summed E-state index contributed by atoms with van der Waals surface area (Å²) in [5.74, 6) is 2.56. The van der Waals surface area contributed by atoms with Crippen molar-refractivity contribution in [1.29, 1.82) is 0 Å². The molecule has 21 heavy (non-hydrogen) atoms. The van der Waals surface area contributed by atoms with Gasteiger partial charge in [-0.1, -0.05) is 31.2 Å². The molecule has 110 valence electrons. The maximum Gasteiger partial charge on any atom is 0.162 e. The van der Waals surface area contributed by atoms with Crippen molar-refractivity contribution < 1.29 is 0 Å². The van der Waals surface area contributed by atoms with Crippen molar-refractivity contribution in [1.82, 2.24) is 9.97 Å². The highest BCUT2D eigenvalue weighted by molar-refractivity contribution is 5.65. The Morgan fingerprint density at radius 1 is 1.14 bits per heavy atom. The van der Waals surface area contributed by atoms with E-state index in [-0.39, 0.29) is 0 Å². The third-order valence-electron chi connectivity index (χ3n) is 4.13. The monoisotopic (exact) mass is 281 g/mol. The predicted octanol–water partition coefficient (Wildman–Crippen LogP) is 4.32. The molecule has 0 spiro atoms. The van der Waals surface area contributed by atoms with Gasteiger partial charge >= 0.3 is 0 Å². The highest BCUT2D eigenvalue weighted by Crippen LogP contribution is 2.43. The van der Waals surface area contributed by atoms with E-state index in [1.54, 1.807) is 0 Å². The molecule has 0 bridgehead atoms. The highest BCUT2D eigenvalue weighted by Gasteiger charge is 2.27. The van der Waals surface area contributed by atoms with E-state index in [1.807, 2.05) is 0 Å². The molecule has 0 unspecified atom stereocenters. The van der Waals surface area contributed by atoms with Crippen LogP contribution in [0.1, 0.15) is 49.4 Å². The number of hydrogen-bond acceptors (Lipinski definition) is 3. The van der Waals surface area contributed by atoms with Gasteiger partial charge in [0.15, 0.2) is 5.82 Å². The van der Waals surface area contributed by atoms with E-state index >= 15 is 0 Å². The van der Waals surface area contributed by atoms with Gasteiger partial charge in [0.1, 0.15) is 5.82 Å². The molecule has 1 aromatic carbocycles. The van der Waals surface area contributed by atoms with E-state index in [4.69, 9.17) is 9.97 Å². The molecule has 1 aliphatic carbocycles. The normalized spacial score (nSPS) is 14.2. The lowest BCUT2D eigenvalue weighted by atomic mass is 10.0. The van der Waals surface area contributed by atoms with Crippen molar-refractivity contribution in [3.63, 3.8) is 0 Å². The molecule has 1 fully saturated rings. The van der Waals surface area contributed by atoms with Crippen LogP contribution in [-0.2, 0) is 6.42 Å².